The van der Waals surface area contributed by atoms with Gasteiger partial charge in [0.25, 0.3) is 5.91 Å². The molecule has 0 fully saturated rings. The molecule has 2 N–H and O–H groups in total. The lowest BCUT2D eigenvalue weighted by molar-refractivity contribution is 0.0949. The number of rotatable bonds is 4. The van der Waals surface area contributed by atoms with Crippen molar-refractivity contribution < 1.29 is 14.3 Å². The van der Waals surface area contributed by atoms with Crippen LogP contribution < -0.4 is 5.32 Å². The third-order valence-electron chi connectivity index (χ3n) is 2.94. The SMILES string of the molecule is Cc1cc(C(=O)NCc2ccc(CO)cc2)c(C)o1. The van der Waals surface area contributed by atoms with Gasteiger partial charge in [0.05, 0.1) is 12.2 Å². The van der Waals surface area contributed by atoms with Gasteiger partial charge in [0.1, 0.15) is 11.5 Å². The van der Waals surface area contributed by atoms with Crippen LogP contribution in [-0.2, 0) is 13.2 Å². The number of nitrogens with one attached hydrogen (secondary N) is 1. The Bertz CT molecular complexity index is 570. The van der Waals surface area contributed by atoms with Crippen molar-refractivity contribution in [2.24, 2.45) is 0 Å². The van der Waals surface area contributed by atoms with E-state index in [0.717, 1.165) is 16.9 Å². The zero-order valence-corrected chi connectivity index (χ0v) is 11.1. The van der Waals surface area contributed by atoms with E-state index in [4.69, 9.17) is 9.52 Å². The highest BCUT2D eigenvalue weighted by molar-refractivity contribution is 5.95. The summed E-state index contributed by atoms with van der Waals surface area (Å²) in [6, 6.07) is 9.20. The van der Waals surface area contributed by atoms with E-state index in [1.165, 1.54) is 0 Å². The smallest absolute Gasteiger partial charge is 0.255 e. The molecule has 2 rings (SSSR count). The molecule has 100 valence electrons. The van der Waals surface area contributed by atoms with Crippen LogP contribution in [-0.4, -0.2) is 11.0 Å². The van der Waals surface area contributed by atoms with E-state index in [-0.39, 0.29) is 12.5 Å². The molecule has 0 saturated carbocycles. The predicted octanol–water partition coefficient (Wildman–Crippen LogP) is 2.32. The van der Waals surface area contributed by atoms with Crippen LogP contribution in [0.25, 0.3) is 0 Å². The summed E-state index contributed by atoms with van der Waals surface area (Å²) in [6.07, 6.45) is 0. The highest BCUT2D eigenvalue weighted by Crippen LogP contribution is 2.13. The van der Waals surface area contributed by atoms with Crippen molar-refractivity contribution in [3.8, 4) is 0 Å². The van der Waals surface area contributed by atoms with Gasteiger partial charge in [0.15, 0.2) is 0 Å². The number of benzene rings is 1. The number of aliphatic hydroxyl groups excluding tert-OH is 1. The molecule has 1 amide bonds. The summed E-state index contributed by atoms with van der Waals surface area (Å²) < 4.78 is 5.33. The molecule has 1 aromatic carbocycles. The van der Waals surface area contributed by atoms with Crippen LogP contribution in [0.1, 0.15) is 33.0 Å². The van der Waals surface area contributed by atoms with Crippen LogP contribution in [0.4, 0.5) is 0 Å². The van der Waals surface area contributed by atoms with E-state index in [2.05, 4.69) is 5.32 Å². The van der Waals surface area contributed by atoms with Gasteiger partial charge in [-0.15, -0.1) is 0 Å². The highest BCUT2D eigenvalue weighted by Gasteiger charge is 2.12. The molecule has 0 radical (unpaired) electrons. The van der Waals surface area contributed by atoms with Crippen LogP contribution in [0.2, 0.25) is 0 Å². The first kappa shape index (κ1) is 13.4. The number of carbonyl (C=O) groups excluding carboxylic acids is 1. The fourth-order valence-electron chi connectivity index (χ4n) is 1.90. The van der Waals surface area contributed by atoms with Gasteiger partial charge in [0.2, 0.25) is 0 Å². The van der Waals surface area contributed by atoms with Crippen LogP contribution in [0.5, 0.6) is 0 Å². The van der Waals surface area contributed by atoms with E-state index in [1.807, 2.05) is 31.2 Å². The average molecular weight is 259 g/mol. The van der Waals surface area contributed by atoms with Gasteiger partial charge in [-0.1, -0.05) is 24.3 Å². The van der Waals surface area contributed by atoms with E-state index >= 15 is 0 Å². The van der Waals surface area contributed by atoms with E-state index in [1.54, 1.807) is 13.0 Å². The molecule has 0 spiro atoms. The molecular formula is C15H17NO3. The number of furan rings is 1. The summed E-state index contributed by atoms with van der Waals surface area (Å²) in [6.45, 7) is 4.07. The second kappa shape index (κ2) is 5.71. The normalized spacial score (nSPS) is 10.5. The zero-order valence-electron chi connectivity index (χ0n) is 11.1. The van der Waals surface area contributed by atoms with Crippen molar-refractivity contribution >= 4 is 5.91 Å². The summed E-state index contributed by atoms with van der Waals surface area (Å²) in [5, 5.41) is 11.8. The topological polar surface area (TPSA) is 62.5 Å². The van der Waals surface area contributed by atoms with Crippen molar-refractivity contribution in [3.63, 3.8) is 0 Å². The summed E-state index contributed by atoms with van der Waals surface area (Å²) in [7, 11) is 0. The quantitative estimate of drug-likeness (QED) is 0.885. The Morgan fingerprint density at radius 1 is 1.21 bits per heavy atom. The molecule has 2 aromatic rings. The standard InChI is InChI=1S/C15H17NO3/c1-10-7-14(11(2)19-10)15(18)16-8-12-3-5-13(9-17)6-4-12/h3-7,17H,8-9H2,1-2H3,(H,16,18). The molecule has 0 saturated heterocycles. The number of amides is 1. The minimum Gasteiger partial charge on any atom is -0.466 e. The summed E-state index contributed by atoms with van der Waals surface area (Å²) in [4.78, 5) is 12.0. The lowest BCUT2D eigenvalue weighted by Crippen LogP contribution is -2.22. The van der Waals surface area contributed by atoms with Gasteiger partial charge in [-0.25, -0.2) is 0 Å². The molecular weight excluding hydrogens is 242 g/mol. The van der Waals surface area contributed by atoms with Crippen LogP contribution in [0.3, 0.4) is 0 Å². The molecule has 0 unspecified atom stereocenters. The molecule has 0 bridgehead atoms. The van der Waals surface area contributed by atoms with Gasteiger partial charge >= 0.3 is 0 Å². The Hall–Kier alpha value is -2.07. The van der Waals surface area contributed by atoms with Crippen LogP contribution in [0.15, 0.2) is 34.7 Å². The number of hydrogen-bond acceptors (Lipinski definition) is 3. The maximum atomic E-state index is 12.0. The lowest BCUT2D eigenvalue weighted by Gasteiger charge is -2.05. The molecule has 0 aliphatic carbocycles. The van der Waals surface area contributed by atoms with Crippen LogP contribution in [0, 0.1) is 13.8 Å². The summed E-state index contributed by atoms with van der Waals surface area (Å²) >= 11 is 0. The molecule has 1 aromatic heterocycles. The van der Waals surface area contributed by atoms with Crippen molar-refractivity contribution in [1.29, 1.82) is 0 Å². The number of carbonyl (C=O) groups is 1. The van der Waals surface area contributed by atoms with Crippen molar-refractivity contribution in [3.05, 3.63) is 58.5 Å². The molecule has 4 heteroatoms. The Morgan fingerprint density at radius 2 is 1.84 bits per heavy atom. The van der Waals surface area contributed by atoms with Crippen molar-refractivity contribution in [1.82, 2.24) is 5.32 Å². The first-order valence-electron chi connectivity index (χ1n) is 6.14. The maximum Gasteiger partial charge on any atom is 0.255 e. The fraction of sp³-hybridized carbons (Fsp3) is 0.267. The van der Waals surface area contributed by atoms with Gasteiger partial charge in [-0.2, -0.15) is 0 Å². The summed E-state index contributed by atoms with van der Waals surface area (Å²) in [5.41, 5.74) is 2.42. The zero-order chi connectivity index (χ0) is 13.8. The minimum atomic E-state index is -0.138. The first-order valence-corrected chi connectivity index (χ1v) is 6.14. The fourth-order valence-corrected chi connectivity index (χ4v) is 1.90. The van der Waals surface area contributed by atoms with E-state index < -0.39 is 0 Å². The summed E-state index contributed by atoms with van der Waals surface area (Å²) in [5.74, 6) is 1.22. The van der Waals surface area contributed by atoms with Gasteiger partial charge < -0.3 is 14.8 Å². The Balaban J connectivity index is 1.98. The number of aryl methyl sites for hydroxylation is 2. The molecule has 1 heterocycles. The third kappa shape index (κ3) is 3.23. The van der Waals surface area contributed by atoms with Crippen molar-refractivity contribution in [2.45, 2.75) is 27.0 Å². The second-order valence-electron chi connectivity index (χ2n) is 4.48. The first-order chi connectivity index (χ1) is 9.10. The van der Waals surface area contributed by atoms with E-state index in [0.29, 0.717) is 17.9 Å². The molecule has 19 heavy (non-hydrogen) atoms. The van der Waals surface area contributed by atoms with Crippen molar-refractivity contribution in [2.75, 3.05) is 0 Å². The molecule has 0 aliphatic rings. The van der Waals surface area contributed by atoms with Crippen LogP contribution >= 0.6 is 0 Å². The van der Waals surface area contributed by atoms with E-state index in [9.17, 15) is 4.79 Å². The van der Waals surface area contributed by atoms with Gasteiger partial charge in [-0.3, -0.25) is 4.79 Å². The van der Waals surface area contributed by atoms with Gasteiger partial charge in [0, 0.05) is 6.54 Å². The lowest BCUT2D eigenvalue weighted by atomic mass is 10.1. The molecule has 0 aliphatic heterocycles. The predicted molar refractivity (Wildman–Crippen MR) is 71.7 cm³/mol. The number of aliphatic hydroxyl groups is 1. The maximum absolute atomic E-state index is 12.0. The monoisotopic (exact) mass is 259 g/mol. The minimum absolute atomic E-state index is 0.0279. The largest absolute Gasteiger partial charge is 0.466 e. The second-order valence-corrected chi connectivity index (χ2v) is 4.48. The molecule has 4 nitrogen and oxygen atoms in total. The Labute approximate surface area is 112 Å². The highest BCUT2D eigenvalue weighted by atomic mass is 16.3. The van der Waals surface area contributed by atoms with Gasteiger partial charge in [-0.05, 0) is 31.0 Å². The average Bonchev–Trinajstić information content (AvgIpc) is 2.75. The third-order valence-corrected chi connectivity index (χ3v) is 2.94. The Kier molecular flexibility index (Phi) is 4.02. The Morgan fingerprint density at radius 3 is 2.37 bits per heavy atom. The molecule has 0 atom stereocenters. The number of hydrogen-bond donors (Lipinski definition) is 2.